The van der Waals surface area contributed by atoms with Crippen LogP contribution in [0.1, 0.15) is 70.6 Å². The molecule has 0 spiro atoms. The number of Topliss-reactive ketones (excluding diaryl/α,β-unsaturated/α-hetero) is 1. The van der Waals surface area contributed by atoms with Crippen LogP contribution in [0.4, 0.5) is 0 Å². The van der Waals surface area contributed by atoms with Crippen LogP contribution in [0.3, 0.4) is 0 Å². The third kappa shape index (κ3) is 4.24. The molecule has 1 fully saturated rings. The van der Waals surface area contributed by atoms with E-state index in [4.69, 9.17) is 9.47 Å². The number of nitrogens with one attached hydrogen (secondary N) is 1. The molecule has 2 rings (SSSR count). The number of aromatic nitrogens is 1. The molecule has 132 valence electrons. The molecule has 1 aromatic rings. The van der Waals surface area contributed by atoms with Crippen molar-refractivity contribution < 1.29 is 23.9 Å². The molecule has 6 nitrogen and oxygen atoms in total. The van der Waals surface area contributed by atoms with Crippen molar-refractivity contribution >= 4 is 17.7 Å². The number of methoxy groups -OCH3 is 1. The van der Waals surface area contributed by atoms with Crippen LogP contribution in [0.15, 0.2) is 0 Å². The van der Waals surface area contributed by atoms with Gasteiger partial charge in [-0.05, 0) is 31.7 Å². The topological polar surface area (TPSA) is 85.5 Å². The highest BCUT2D eigenvalue weighted by Crippen LogP contribution is 2.28. The molecular weight excluding hydrogens is 310 g/mol. The summed E-state index contributed by atoms with van der Waals surface area (Å²) in [6, 6.07) is 0. The van der Waals surface area contributed by atoms with E-state index < -0.39 is 5.97 Å². The molecule has 1 aliphatic rings. The molecule has 0 unspecified atom stereocenters. The molecule has 1 heterocycles. The first-order chi connectivity index (χ1) is 11.4. The number of hydrogen-bond donors (Lipinski definition) is 1. The van der Waals surface area contributed by atoms with E-state index in [1.165, 1.54) is 32.8 Å². The molecule has 6 heteroatoms. The molecule has 0 amide bonds. The van der Waals surface area contributed by atoms with Gasteiger partial charge in [-0.1, -0.05) is 25.7 Å². The lowest BCUT2D eigenvalue weighted by Gasteiger charge is -2.08. The Morgan fingerprint density at radius 3 is 2.46 bits per heavy atom. The Balaban J connectivity index is 1.88. The van der Waals surface area contributed by atoms with Gasteiger partial charge in [0.25, 0.3) is 0 Å². The van der Waals surface area contributed by atoms with Crippen molar-refractivity contribution in [3.05, 3.63) is 22.5 Å². The van der Waals surface area contributed by atoms with Gasteiger partial charge in [0.2, 0.25) is 5.78 Å². The lowest BCUT2D eigenvalue weighted by atomic mass is 10.0. The van der Waals surface area contributed by atoms with Gasteiger partial charge in [-0.25, -0.2) is 4.79 Å². The van der Waals surface area contributed by atoms with Crippen molar-refractivity contribution in [1.29, 1.82) is 0 Å². The summed E-state index contributed by atoms with van der Waals surface area (Å²) < 4.78 is 9.80. The summed E-state index contributed by atoms with van der Waals surface area (Å²) in [5.41, 5.74) is 1.73. The van der Waals surface area contributed by atoms with Gasteiger partial charge in [0.05, 0.1) is 18.4 Å². The maximum absolute atomic E-state index is 12.2. The van der Waals surface area contributed by atoms with Crippen molar-refractivity contribution in [1.82, 2.24) is 4.98 Å². The van der Waals surface area contributed by atoms with Gasteiger partial charge in [0.15, 0.2) is 6.61 Å². The lowest BCUT2D eigenvalue weighted by Crippen LogP contribution is -2.16. The van der Waals surface area contributed by atoms with Crippen LogP contribution in [-0.4, -0.2) is 36.4 Å². The minimum absolute atomic E-state index is 0.288. The predicted octanol–water partition coefficient (Wildman–Crippen LogP) is 3.11. The zero-order valence-electron chi connectivity index (χ0n) is 14.6. The fraction of sp³-hybridized carbons (Fsp3) is 0.611. The number of aryl methyl sites for hydroxylation is 1. The highest BCUT2D eigenvalue weighted by atomic mass is 16.5. The van der Waals surface area contributed by atoms with Crippen LogP contribution < -0.4 is 0 Å². The zero-order chi connectivity index (χ0) is 17.7. The average molecular weight is 335 g/mol. The minimum atomic E-state index is -0.492. The number of rotatable bonds is 7. The maximum atomic E-state index is 12.2. The molecule has 1 aromatic heterocycles. The molecule has 24 heavy (non-hydrogen) atoms. The Hall–Kier alpha value is -2.11. The largest absolute Gasteiger partial charge is 0.465 e. The van der Waals surface area contributed by atoms with Crippen LogP contribution >= 0.6 is 0 Å². The molecule has 1 N–H and O–H groups in total. The maximum Gasteiger partial charge on any atom is 0.339 e. The Morgan fingerprint density at radius 2 is 1.83 bits per heavy atom. The minimum Gasteiger partial charge on any atom is -0.465 e. The molecule has 0 atom stereocenters. The number of ether oxygens (including phenoxy) is 2. The smallest absolute Gasteiger partial charge is 0.339 e. The number of carbonyl (C=O) groups excluding carboxylic acids is 3. The van der Waals surface area contributed by atoms with E-state index in [2.05, 4.69) is 4.98 Å². The van der Waals surface area contributed by atoms with Crippen LogP contribution in [0.25, 0.3) is 0 Å². The first-order valence-corrected chi connectivity index (χ1v) is 8.40. The van der Waals surface area contributed by atoms with E-state index in [1.54, 1.807) is 13.8 Å². The van der Waals surface area contributed by atoms with E-state index in [-0.39, 0.29) is 24.1 Å². The third-order valence-electron chi connectivity index (χ3n) is 4.70. The van der Waals surface area contributed by atoms with Gasteiger partial charge in [-0.3, -0.25) is 9.59 Å². The van der Waals surface area contributed by atoms with Crippen LogP contribution in [0.5, 0.6) is 0 Å². The van der Waals surface area contributed by atoms with E-state index >= 15 is 0 Å². The van der Waals surface area contributed by atoms with E-state index in [0.29, 0.717) is 29.2 Å². The fourth-order valence-corrected chi connectivity index (χ4v) is 3.35. The summed E-state index contributed by atoms with van der Waals surface area (Å²) in [4.78, 5) is 38.7. The fourth-order valence-electron chi connectivity index (χ4n) is 3.35. The Labute approximate surface area is 141 Å². The summed E-state index contributed by atoms with van der Waals surface area (Å²) in [6.45, 7) is 3.06. The molecule has 0 aromatic carbocycles. The SMILES string of the molecule is COC(=O)c1c(C)[nH]c(C(=O)COC(=O)CCC2CCCC2)c1C. The predicted molar refractivity (Wildman–Crippen MR) is 88.1 cm³/mol. The van der Waals surface area contributed by atoms with Crippen LogP contribution in [0, 0.1) is 19.8 Å². The highest BCUT2D eigenvalue weighted by Gasteiger charge is 2.23. The number of carbonyl (C=O) groups is 3. The third-order valence-corrected chi connectivity index (χ3v) is 4.70. The molecular formula is C18H25NO5. The Morgan fingerprint density at radius 1 is 1.17 bits per heavy atom. The van der Waals surface area contributed by atoms with Gasteiger partial charge >= 0.3 is 11.9 Å². The van der Waals surface area contributed by atoms with Crippen molar-refractivity contribution in [2.45, 2.75) is 52.4 Å². The standard InChI is InChI=1S/C18H25NO5/c1-11-16(18(22)23-3)12(2)19-17(11)14(20)10-24-15(21)9-8-13-6-4-5-7-13/h13,19H,4-10H2,1-3H3. The Kier molecular flexibility index (Phi) is 6.17. The molecule has 0 saturated heterocycles. The first kappa shape index (κ1) is 18.2. The Bertz CT molecular complexity index is 626. The van der Waals surface area contributed by atoms with Gasteiger partial charge in [-0.2, -0.15) is 0 Å². The normalized spacial score (nSPS) is 14.6. The van der Waals surface area contributed by atoms with Crippen LogP contribution in [-0.2, 0) is 14.3 Å². The van der Waals surface area contributed by atoms with Crippen molar-refractivity contribution in [2.24, 2.45) is 5.92 Å². The number of H-pyrrole nitrogens is 1. The number of aromatic amines is 1. The number of hydrogen-bond acceptors (Lipinski definition) is 5. The summed E-state index contributed by atoms with van der Waals surface area (Å²) >= 11 is 0. The summed E-state index contributed by atoms with van der Waals surface area (Å²) in [7, 11) is 1.29. The second-order valence-corrected chi connectivity index (χ2v) is 6.39. The van der Waals surface area contributed by atoms with E-state index in [0.717, 1.165) is 6.42 Å². The van der Waals surface area contributed by atoms with Crippen LogP contribution in [0.2, 0.25) is 0 Å². The van der Waals surface area contributed by atoms with Gasteiger partial charge in [0.1, 0.15) is 0 Å². The first-order valence-electron chi connectivity index (χ1n) is 8.40. The van der Waals surface area contributed by atoms with Gasteiger partial charge in [-0.15, -0.1) is 0 Å². The quantitative estimate of drug-likeness (QED) is 0.611. The molecule has 1 saturated carbocycles. The lowest BCUT2D eigenvalue weighted by molar-refractivity contribution is -0.142. The van der Waals surface area contributed by atoms with Crippen molar-refractivity contribution in [3.8, 4) is 0 Å². The van der Waals surface area contributed by atoms with E-state index in [9.17, 15) is 14.4 Å². The molecule has 0 bridgehead atoms. The molecule has 1 aliphatic carbocycles. The summed E-state index contributed by atoms with van der Waals surface area (Å²) in [5, 5.41) is 0. The van der Waals surface area contributed by atoms with Gasteiger partial charge < -0.3 is 14.5 Å². The number of esters is 2. The van der Waals surface area contributed by atoms with E-state index in [1.807, 2.05) is 0 Å². The summed E-state index contributed by atoms with van der Waals surface area (Å²) in [5.74, 6) is -0.567. The van der Waals surface area contributed by atoms with Crippen molar-refractivity contribution in [2.75, 3.05) is 13.7 Å². The average Bonchev–Trinajstić information content (AvgIpc) is 3.18. The molecule has 0 radical (unpaired) electrons. The highest BCUT2D eigenvalue weighted by molar-refractivity contribution is 6.02. The second kappa shape index (κ2) is 8.13. The van der Waals surface area contributed by atoms with Crippen molar-refractivity contribution in [3.63, 3.8) is 0 Å². The zero-order valence-corrected chi connectivity index (χ0v) is 14.6. The molecule has 0 aliphatic heterocycles. The monoisotopic (exact) mass is 335 g/mol. The van der Waals surface area contributed by atoms with Gasteiger partial charge in [0, 0.05) is 12.1 Å². The number of ketones is 1. The summed E-state index contributed by atoms with van der Waals surface area (Å²) in [6.07, 6.45) is 6.04. The second-order valence-electron chi connectivity index (χ2n) is 6.39.